The standard InChI is InChI=1S/C17H13ClN2O2/c1-22-14-8-4-6-12(18)16(14)17(21)20-15-10-9-11-5-2-3-7-13(11)19-15/h2-10H,1H3,(H,19,20,21). The van der Waals surface area contributed by atoms with Crippen LogP contribution in [0.5, 0.6) is 5.75 Å². The molecule has 0 aliphatic rings. The van der Waals surface area contributed by atoms with Crippen molar-refractivity contribution < 1.29 is 9.53 Å². The smallest absolute Gasteiger partial charge is 0.262 e. The quantitative estimate of drug-likeness (QED) is 0.790. The van der Waals surface area contributed by atoms with Crippen molar-refractivity contribution in [2.45, 2.75) is 0 Å². The average molecular weight is 313 g/mol. The maximum atomic E-state index is 12.4. The summed E-state index contributed by atoms with van der Waals surface area (Å²) in [6, 6.07) is 16.4. The van der Waals surface area contributed by atoms with E-state index in [9.17, 15) is 4.79 Å². The van der Waals surface area contributed by atoms with E-state index in [1.165, 1.54) is 7.11 Å². The summed E-state index contributed by atoms with van der Waals surface area (Å²) in [5.41, 5.74) is 1.10. The van der Waals surface area contributed by atoms with Gasteiger partial charge < -0.3 is 10.1 Å². The number of amides is 1. The monoisotopic (exact) mass is 312 g/mol. The molecular weight excluding hydrogens is 300 g/mol. The molecule has 1 aromatic heterocycles. The Bertz CT molecular complexity index is 849. The van der Waals surface area contributed by atoms with E-state index in [2.05, 4.69) is 10.3 Å². The summed E-state index contributed by atoms with van der Waals surface area (Å²) in [4.78, 5) is 16.8. The van der Waals surface area contributed by atoms with E-state index in [1.807, 2.05) is 30.3 Å². The van der Waals surface area contributed by atoms with Crippen LogP contribution in [0.25, 0.3) is 10.9 Å². The van der Waals surface area contributed by atoms with E-state index in [4.69, 9.17) is 16.3 Å². The van der Waals surface area contributed by atoms with Gasteiger partial charge in [-0.05, 0) is 30.3 Å². The van der Waals surface area contributed by atoms with Crippen LogP contribution >= 0.6 is 11.6 Å². The first-order chi connectivity index (χ1) is 10.7. The van der Waals surface area contributed by atoms with Crippen LogP contribution in [-0.4, -0.2) is 18.0 Å². The molecule has 3 aromatic rings. The molecule has 0 saturated heterocycles. The van der Waals surface area contributed by atoms with Gasteiger partial charge in [-0.25, -0.2) is 4.98 Å². The topological polar surface area (TPSA) is 51.2 Å². The number of carbonyl (C=O) groups excluding carboxylic acids is 1. The molecule has 2 aromatic carbocycles. The number of hydrogen-bond donors (Lipinski definition) is 1. The molecule has 0 aliphatic carbocycles. The second-order valence-corrected chi connectivity index (χ2v) is 5.07. The average Bonchev–Trinajstić information content (AvgIpc) is 2.54. The van der Waals surface area contributed by atoms with Crippen molar-refractivity contribution >= 4 is 34.2 Å². The number of para-hydroxylation sites is 1. The molecule has 4 nitrogen and oxygen atoms in total. The van der Waals surface area contributed by atoms with Crippen LogP contribution < -0.4 is 10.1 Å². The van der Waals surface area contributed by atoms with Gasteiger partial charge in [-0.15, -0.1) is 0 Å². The van der Waals surface area contributed by atoms with E-state index >= 15 is 0 Å². The first kappa shape index (κ1) is 14.4. The second kappa shape index (κ2) is 6.03. The first-order valence-electron chi connectivity index (χ1n) is 6.68. The summed E-state index contributed by atoms with van der Waals surface area (Å²) in [6.07, 6.45) is 0. The Hall–Kier alpha value is -2.59. The highest BCUT2D eigenvalue weighted by Gasteiger charge is 2.16. The van der Waals surface area contributed by atoms with Crippen LogP contribution in [0.2, 0.25) is 5.02 Å². The molecule has 3 rings (SSSR count). The number of aromatic nitrogens is 1. The fourth-order valence-corrected chi connectivity index (χ4v) is 2.46. The number of pyridine rings is 1. The predicted molar refractivity (Wildman–Crippen MR) is 87.7 cm³/mol. The number of halogens is 1. The van der Waals surface area contributed by atoms with Crippen LogP contribution in [0, 0.1) is 0 Å². The molecule has 5 heteroatoms. The minimum atomic E-state index is -0.356. The van der Waals surface area contributed by atoms with E-state index in [-0.39, 0.29) is 5.91 Å². The van der Waals surface area contributed by atoms with Crippen LogP contribution in [0.15, 0.2) is 54.6 Å². The Labute approximate surface area is 132 Å². The predicted octanol–water partition coefficient (Wildman–Crippen LogP) is 4.15. The Balaban J connectivity index is 1.93. The molecule has 1 heterocycles. The fraction of sp³-hybridized carbons (Fsp3) is 0.0588. The Kier molecular flexibility index (Phi) is 3.94. The molecule has 0 spiro atoms. The van der Waals surface area contributed by atoms with Gasteiger partial charge >= 0.3 is 0 Å². The summed E-state index contributed by atoms with van der Waals surface area (Å²) < 4.78 is 5.19. The van der Waals surface area contributed by atoms with E-state index in [0.29, 0.717) is 22.2 Å². The van der Waals surface area contributed by atoms with Gasteiger partial charge in [0.05, 0.1) is 17.6 Å². The number of ether oxygens (including phenoxy) is 1. The lowest BCUT2D eigenvalue weighted by atomic mass is 10.2. The Morgan fingerprint density at radius 1 is 1.09 bits per heavy atom. The fourth-order valence-electron chi connectivity index (χ4n) is 2.21. The number of fused-ring (bicyclic) bond motifs is 1. The molecule has 0 fully saturated rings. The zero-order chi connectivity index (χ0) is 15.5. The minimum Gasteiger partial charge on any atom is -0.496 e. The number of rotatable bonds is 3. The maximum Gasteiger partial charge on any atom is 0.262 e. The SMILES string of the molecule is COc1cccc(Cl)c1C(=O)Nc1ccc2ccccc2n1. The van der Waals surface area contributed by atoms with Gasteiger partial charge in [0.1, 0.15) is 17.1 Å². The maximum absolute atomic E-state index is 12.4. The van der Waals surface area contributed by atoms with Crippen LogP contribution in [0.4, 0.5) is 5.82 Å². The molecule has 0 unspecified atom stereocenters. The van der Waals surface area contributed by atoms with E-state index in [0.717, 1.165) is 10.9 Å². The number of nitrogens with one attached hydrogen (secondary N) is 1. The molecular formula is C17H13ClN2O2. The lowest BCUT2D eigenvalue weighted by molar-refractivity contribution is 0.102. The van der Waals surface area contributed by atoms with Gasteiger partial charge in [-0.3, -0.25) is 4.79 Å². The number of hydrogen-bond acceptors (Lipinski definition) is 3. The first-order valence-corrected chi connectivity index (χ1v) is 7.06. The summed E-state index contributed by atoms with van der Waals surface area (Å²) >= 11 is 6.10. The third kappa shape index (κ3) is 2.73. The summed E-state index contributed by atoms with van der Waals surface area (Å²) in [5, 5.41) is 4.09. The van der Waals surface area contributed by atoms with Crippen molar-refractivity contribution in [2.24, 2.45) is 0 Å². The van der Waals surface area contributed by atoms with Crippen LogP contribution in [0.1, 0.15) is 10.4 Å². The normalized spacial score (nSPS) is 10.5. The second-order valence-electron chi connectivity index (χ2n) is 4.66. The largest absolute Gasteiger partial charge is 0.496 e. The lowest BCUT2D eigenvalue weighted by Gasteiger charge is -2.10. The van der Waals surface area contributed by atoms with Crippen LogP contribution in [-0.2, 0) is 0 Å². The van der Waals surface area contributed by atoms with Gasteiger partial charge in [-0.2, -0.15) is 0 Å². The zero-order valence-corrected chi connectivity index (χ0v) is 12.6. The Morgan fingerprint density at radius 2 is 1.91 bits per heavy atom. The number of carbonyl (C=O) groups is 1. The zero-order valence-electron chi connectivity index (χ0n) is 11.8. The number of benzene rings is 2. The summed E-state index contributed by atoms with van der Waals surface area (Å²) in [6.45, 7) is 0. The number of nitrogens with zero attached hydrogens (tertiary/aromatic N) is 1. The molecule has 0 radical (unpaired) electrons. The van der Waals surface area contributed by atoms with Crippen molar-refractivity contribution in [3.8, 4) is 5.75 Å². The van der Waals surface area contributed by atoms with E-state index in [1.54, 1.807) is 24.3 Å². The van der Waals surface area contributed by atoms with Crippen molar-refractivity contribution in [3.05, 3.63) is 65.2 Å². The molecule has 0 saturated carbocycles. The van der Waals surface area contributed by atoms with Crippen molar-refractivity contribution in [1.29, 1.82) is 0 Å². The summed E-state index contributed by atoms with van der Waals surface area (Å²) in [7, 11) is 1.50. The number of anilines is 1. The van der Waals surface area contributed by atoms with Gasteiger partial charge in [0.25, 0.3) is 5.91 Å². The van der Waals surface area contributed by atoms with Crippen molar-refractivity contribution in [1.82, 2.24) is 4.98 Å². The van der Waals surface area contributed by atoms with Crippen molar-refractivity contribution in [3.63, 3.8) is 0 Å². The molecule has 0 bridgehead atoms. The highest BCUT2D eigenvalue weighted by atomic mass is 35.5. The van der Waals surface area contributed by atoms with Gasteiger partial charge in [0.15, 0.2) is 0 Å². The van der Waals surface area contributed by atoms with Gasteiger partial charge in [-0.1, -0.05) is 35.9 Å². The lowest BCUT2D eigenvalue weighted by Crippen LogP contribution is -2.14. The highest BCUT2D eigenvalue weighted by molar-refractivity contribution is 6.34. The molecule has 110 valence electrons. The molecule has 0 aliphatic heterocycles. The molecule has 1 amide bonds. The molecule has 0 atom stereocenters. The van der Waals surface area contributed by atoms with Crippen LogP contribution in [0.3, 0.4) is 0 Å². The molecule has 1 N–H and O–H groups in total. The summed E-state index contributed by atoms with van der Waals surface area (Å²) in [5.74, 6) is 0.529. The minimum absolute atomic E-state index is 0.293. The van der Waals surface area contributed by atoms with Gasteiger partial charge in [0, 0.05) is 5.39 Å². The third-order valence-corrected chi connectivity index (χ3v) is 3.58. The third-order valence-electron chi connectivity index (χ3n) is 3.26. The van der Waals surface area contributed by atoms with E-state index < -0.39 is 0 Å². The van der Waals surface area contributed by atoms with Crippen molar-refractivity contribution in [2.75, 3.05) is 12.4 Å². The number of methoxy groups -OCH3 is 1. The Morgan fingerprint density at radius 3 is 2.73 bits per heavy atom. The highest BCUT2D eigenvalue weighted by Crippen LogP contribution is 2.27. The molecule has 22 heavy (non-hydrogen) atoms. The van der Waals surface area contributed by atoms with Gasteiger partial charge in [0.2, 0.25) is 0 Å².